The van der Waals surface area contributed by atoms with E-state index in [0.717, 1.165) is 25.3 Å². The van der Waals surface area contributed by atoms with Gasteiger partial charge in [0.25, 0.3) is 0 Å². The van der Waals surface area contributed by atoms with Crippen LogP contribution in [0.3, 0.4) is 0 Å². The molecule has 0 spiro atoms. The van der Waals surface area contributed by atoms with Gasteiger partial charge in [0.1, 0.15) is 0 Å². The molecule has 1 aromatic heterocycles. The molecule has 100 valence electrons. The summed E-state index contributed by atoms with van der Waals surface area (Å²) in [6, 6.07) is 9.26. The normalized spacial score (nSPS) is 27.8. The summed E-state index contributed by atoms with van der Waals surface area (Å²) in [5.41, 5.74) is 10.6. The molecule has 2 aliphatic heterocycles. The summed E-state index contributed by atoms with van der Waals surface area (Å²) in [4.78, 5) is 6.21. The first-order valence-corrected chi connectivity index (χ1v) is 8.17. The number of benzene rings is 1. The van der Waals surface area contributed by atoms with Crippen LogP contribution < -0.4 is 5.73 Å². The second-order valence-electron chi connectivity index (χ2n) is 5.53. The van der Waals surface area contributed by atoms with E-state index < -0.39 is 0 Å². The van der Waals surface area contributed by atoms with Gasteiger partial charge in [-0.25, -0.2) is 0 Å². The fourth-order valence-electron chi connectivity index (χ4n) is 3.55. The van der Waals surface area contributed by atoms with Crippen molar-refractivity contribution >= 4 is 22.7 Å². The summed E-state index contributed by atoms with van der Waals surface area (Å²) in [6.45, 7) is 2.31. The maximum absolute atomic E-state index is 6.44. The van der Waals surface area contributed by atoms with Gasteiger partial charge in [-0.2, -0.15) is 11.8 Å². The number of para-hydroxylation sites is 1. The van der Waals surface area contributed by atoms with Gasteiger partial charge >= 0.3 is 0 Å². The molecule has 1 unspecified atom stereocenters. The number of hydrogen-bond acceptors (Lipinski definition) is 3. The third kappa shape index (κ3) is 1.82. The minimum Gasteiger partial charge on any atom is -0.357 e. The second kappa shape index (κ2) is 4.54. The molecule has 1 fully saturated rings. The Balaban J connectivity index is 1.88. The second-order valence-corrected chi connectivity index (χ2v) is 6.68. The van der Waals surface area contributed by atoms with Gasteiger partial charge in [0.2, 0.25) is 0 Å². The van der Waals surface area contributed by atoms with Crippen molar-refractivity contribution in [1.29, 1.82) is 0 Å². The van der Waals surface area contributed by atoms with E-state index in [4.69, 9.17) is 5.73 Å². The van der Waals surface area contributed by atoms with Gasteiger partial charge in [0, 0.05) is 47.2 Å². The lowest BCUT2D eigenvalue weighted by molar-refractivity contribution is 0.177. The zero-order chi connectivity index (χ0) is 12.8. The van der Waals surface area contributed by atoms with Crippen molar-refractivity contribution in [2.45, 2.75) is 18.5 Å². The maximum Gasteiger partial charge on any atom is 0.0663 e. The number of thioether (sulfide) groups is 1. The molecule has 1 aromatic carbocycles. The fraction of sp³-hybridized carbons (Fsp3) is 0.467. The lowest BCUT2D eigenvalue weighted by Gasteiger charge is -2.36. The molecule has 0 saturated carbocycles. The molecule has 2 atom stereocenters. The maximum atomic E-state index is 6.44. The summed E-state index contributed by atoms with van der Waals surface area (Å²) in [5, 5.41) is 1.39. The SMILES string of the molecule is NC1CSCCN2CCc3c([nH]c4ccccc34)[C@H]12. The highest BCUT2D eigenvalue weighted by Gasteiger charge is 2.35. The molecule has 19 heavy (non-hydrogen) atoms. The molecule has 0 amide bonds. The zero-order valence-corrected chi connectivity index (χ0v) is 11.7. The van der Waals surface area contributed by atoms with Crippen LogP contribution in [0.25, 0.3) is 10.9 Å². The van der Waals surface area contributed by atoms with Gasteiger partial charge < -0.3 is 10.7 Å². The molecule has 0 aliphatic carbocycles. The van der Waals surface area contributed by atoms with Crippen LogP contribution in [-0.4, -0.2) is 40.5 Å². The van der Waals surface area contributed by atoms with E-state index in [1.807, 2.05) is 11.8 Å². The van der Waals surface area contributed by atoms with Crippen molar-refractivity contribution in [3.05, 3.63) is 35.5 Å². The molecule has 3 nitrogen and oxygen atoms in total. The average molecular weight is 273 g/mol. The van der Waals surface area contributed by atoms with Crippen molar-refractivity contribution in [2.75, 3.05) is 24.6 Å². The molecule has 0 bridgehead atoms. The minimum absolute atomic E-state index is 0.236. The van der Waals surface area contributed by atoms with E-state index in [-0.39, 0.29) is 6.04 Å². The smallest absolute Gasteiger partial charge is 0.0663 e. The number of nitrogens with two attached hydrogens (primary N) is 1. The number of nitrogens with one attached hydrogen (secondary N) is 1. The van der Waals surface area contributed by atoms with E-state index in [1.54, 1.807) is 0 Å². The number of hydrogen-bond donors (Lipinski definition) is 2. The van der Waals surface area contributed by atoms with Crippen LogP contribution in [0, 0.1) is 0 Å². The Kier molecular flexibility index (Phi) is 2.83. The van der Waals surface area contributed by atoms with Crippen molar-refractivity contribution in [3.8, 4) is 0 Å². The van der Waals surface area contributed by atoms with E-state index in [0.29, 0.717) is 6.04 Å². The number of H-pyrrole nitrogens is 1. The Morgan fingerprint density at radius 2 is 2.16 bits per heavy atom. The molecule has 2 aliphatic rings. The van der Waals surface area contributed by atoms with E-state index in [1.165, 1.54) is 27.9 Å². The largest absolute Gasteiger partial charge is 0.357 e. The van der Waals surface area contributed by atoms with E-state index >= 15 is 0 Å². The highest BCUT2D eigenvalue weighted by molar-refractivity contribution is 7.99. The van der Waals surface area contributed by atoms with Crippen molar-refractivity contribution < 1.29 is 0 Å². The third-order valence-corrected chi connectivity index (χ3v) is 5.52. The first-order chi connectivity index (χ1) is 9.34. The van der Waals surface area contributed by atoms with Crippen LogP contribution in [0.4, 0.5) is 0 Å². The molecule has 2 aromatic rings. The fourth-order valence-corrected chi connectivity index (χ4v) is 4.53. The molecule has 4 rings (SSSR count). The summed E-state index contributed by atoms with van der Waals surface area (Å²) in [6.07, 6.45) is 1.15. The number of rotatable bonds is 0. The Labute approximate surface area is 117 Å². The lowest BCUT2D eigenvalue weighted by atomic mass is 9.93. The van der Waals surface area contributed by atoms with Crippen molar-refractivity contribution in [1.82, 2.24) is 9.88 Å². The standard InChI is InChI=1S/C15H19N3S/c16-12-9-19-8-7-18-6-5-11-10-3-1-2-4-13(10)17-14(11)15(12)18/h1-4,12,15,17H,5-9,16H2/t12?,15-/m0/s1. The lowest BCUT2D eigenvalue weighted by Crippen LogP contribution is -2.45. The molecule has 3 N–H and O–H groups in total. The quantitative estimate of drug-likeness (QED) is 0.773. The zero-order valence-electron chi connectivity index (χ0n) is 10.9. The number of fused-ring (bicyclic) bond motifs is 5. The predicted molar refractivity (Wildman–Crippen MR) is 81.6 cm³/mol. The number of aromatic amines is 1. The Morgan fingerprint density at radius 1 is 1.26 bits per heavy atom. The molecule has 3 heterocycles. The summed E-state index contributed by atoms with van der Waals surface area (Å²) in [5.74, 6) is 2.27. The molecule has 1 saturated heterocycles. The first-order valence-electron chi connectivity index (χ1n) is 7.01. The van der Waals surface area contributed by atoms with Crippen LogP contribution in [0.1, 0.15) is 17.3 Å². The van der Waals surface area contributed by atoms with Gasteiger partial charge in [-0.3, -0.25) is 4.90 Å². The monoisotopic (exact) mass is 273 g/mol. The Hall–Kier alpha value is -0.970. The van der Waals surface area contributed by atoms with Crippen LogP contribution >= 0.6 is 11.8 Å². The first kappa shape index (κ1) is 11.8. The number of nitrogens with zero attached hydrogens (tertiary/aromatic N) is 1. The van der Waals surface area contributed by atoms with Gasteiger partial charge in [-0.05, 0) is 18.1 Å². The van der Waals surface area contributed by atoms with Crippen LogP contribution in [0.5, 0.6) is 0 Å². The predicted octanol–water partition coefficient (Wildman–Crippen LogP) is 2.14. The molecular weight excluding hydrogens is 254 g/mol. The van der Waals surface area contributed by atoms with E-state index in [2.05, 4.69) is 34.1 Å². The van der Waals surface area contributed by atoms with Crippen LogP contribution in [-0.2, 0) is 6.42 Å². The van der Waals surface area contributed by atoms with E-state index in [9.17, 15) is 0 Å². The summed E-state index contributed by atoms with van der Waals surface area (Å²) < 4.78 is 0. The molecule has 4 heteroatoms. The summed E-state index contributed by atoms with van der Waals surface area (Å²) >= 11 is 1.99. The van der Waals surface area contributed by atoms with Gasteiger partial charge in [0.05, 0.1) is 6.04 Å². The van der Waals surface area contributed by atoms with Crippen LogP contribution in [0.2, 0.25) is 0 Å². The highest BCUT2D eigenvalue weighted by atomic mass is 32.2. The van der Waals surface area contributed by atoms with Crippen LogP contribution in [0.15, 0.2) is 24.3 Å². The third-order valence-electron chi connectivity index (χ3n) is 4.42. The van der Waals surface area contributed by atoms with Gasteiger partial charge in [-0.1, -0.05) is 18.2 Å². The minimum atomic E-state index is 0.236. The van der Waals surface area contributed by atoms with Crippen molar-refractivity contribution in [2.24, 2.45) is 5.73 Å². The van der Waals surface area contributed by atoms with Gasteiger partial charge in [0.15, 0.2) is 0 Å². The Morgan fingerprint density at radius 3 is 3.11 bits per heavy atom. The number of aromatic nitrogens is 1. The average Bonchev–Trinajstić information content (AvgIpc) is 2.70. The Bertz CT molecular complexity index is 606. The topological polar surface area (TPSA) is 45.0 Å². The highest BCUT2D eigenvalue weighted by Crippen LogP contribution is 2.37. The molecule has 0 radical (unpaired) electrons. The van der Waals surface area contributed by atoms with Crippen molar-refractivity contribution in [3.63, 3.8) is 0 Å². The molecular formula is C15H19N3S. The summed E-state index contributed by atoms with van der Waals surface area (Å²) in [7, 11) is 0. The van der Waals surface area contributed by atoms with Gasteiger partial charge in [-0.15, -0.1) is 0 Å².